The monoisotopic (exact) mass is 688 g/mol. The van der Waals surface area contributed by atoms with Crippen molar-refractivity contribution >= 4 is 52.3 Å². The highest BCUT2D eigenvalue weighted by Crippen LogP contribution is 2.45. The molecule has 0 aromatic carbocycles. The molecule has 0 radical (unpaired) electrons. The highest BCUT2D eigenvalue weighted by Gasteiger charge is 2.61. The van der Waals surface area contributed by atoms with Crippen molar-refractivity contribution in [2.45, 2.75) is 115 Å². The van der Waals surface area contributed by atoms with E-state index in [0.717, 1.165) is 29.8 Å². The Kier molecular flexibility index (Phi) is 10.3. The van der Waals surface area contributed by atoms with Gasteiger partial charge in [0, 0.05) is 37.1 Å². The maximum atomic E-state index is 14.1. The summed E-state index contributed by atoms with van der Waals surface area (Å²) in [5.74, 6) is -2.99. The number of ether oxygens (including phenoxy) is 2. The molecule has 5 amide bonds. The van der Waals surface area contributed by atoms with Gasteiger partial charge in [-0.2, -0.15) is 0 Å². The minimum Gasteiger partial charge on any atom is -0.479 e. The lowest BCUT2D eigenvalue weighted by Gasteiger charge is -2.30. The Morgan fingerprint density at radius 2 is 1.94 bits per heavy atom. The third-order valence-electron chi connectivity index (χ3n) is 8.85. The Hall–Kier alpha value is -4.21. The molecular weight excluding hydrogens is 644 g/mol. The van der Waals surface area contributed by atoms with Gasteiger partial charge in [0.1, 0.15) is 29.3 Å². The number of thiazole rings is 1. The summed E-state index contributed by atoms with van der Waals surface area (Å²) < 4.78 is 11.3. The fourth-order valence-electron chi connectivity index (χ4n) is 6.37. The molecule has 5 atom stereocenters. The zero-order chi connectivity index (χ0) is 34.8. The first kappa shape index (κ1) is 35.1. The number of carboxylic acids is 1. The Bertz CT molecular complexity index is 1490. The molecule has 1 saturated heterocycles. The van der Waals surface area contributed by atoms with Gasteiger partial charge in [-0.25, -0.2) is 19.4 Å². The summed E-state index contributed by atoms with van der Waals surface area (Å²) >= 11 is 1.28. The number of carbonyl (C=O) groups excluding carboxylic acids is 5. The number of allylic oxidation sites excluding steroid dienone is 1. The molecular formula is C32H44N6O9S. The van der Waals surface area contributed by atoms with Crippen LogP contribution in [-0.2, 0) is 41.6 Å². The zero-order valence-corrected chi connectivity index (χ0v) is 28.5. The van der Waals surface area contributed by atoms with Gasteiger partial charge in [0.25, 0.3) is 0 Å². The van der Waals surface area contributed by atoms with Gasteiger partial charge in [0.15, 0.2) is 5.13 Å². The van der Waals surface area contributed by atoms with E-state index < -0.39 is 59.3 Å². The van der Waals surface area contributed by atoms with E-state index in [9.17, 15) is 33.9 Å². The van der Waals surface area contributed by atoms with Crippen molar-refractivity contribution in [3.05, 3.63) is 22.7 Å². The second-order valence-electron chi connectivity index (χ2n) is 13.8. The third kappa shape index (κ3) is 8.25. The molecule has 48 heavy (non-hydrogen) atoms. The maximum Gasteiger partial charge on any atom is 0.410 e. The second kappa shape index (κ2) is 14.1. The minimum absolute atomic E-state index is 0.0506. The molecule has 5 rings (SSSR count). The predicted molar refractivity (Wildman–Crippen MR) is 173 cm³/mol. The number of nitrogens with zero attached hydrogens (tertiary/aromatic N) is 3. The minimum atomic E-state index is -1.48. The van der Waals surface area contributed by atoms with Crippen molar-refractivity contribution in [1.29, 1.82) is 0 Å². The molecule has 3 aliphatic heterocycles. The van der Waals surface area contributed by atoms with E-state index in [0.29, 0.717) is 30.9 Å². The summed E-state index contributed by atoms with van der Waals surface area (Å²) in [4.78, 5) is 85.9. The maximum absolute atomic E-state index is 14.1. The van der Waals surface area contributed by atoms with Crippen LogP contribution in [0, 0.1) is 5.92 Å². The Morgan fingerprint density at radius 3 is 2.65 bits per heavy atom. The summed E-state index contributed by atoms with van der Waals surface area (Å²) in [5.41, 5.74) is -1.49. The first-order chi connectivity index (χ1) is 22.6. The number of hydrogen-bond acceptors (Lipinski definition) is 10. The number of carboxylic acid groups (broad SMARTS) is 1. The largest absolute Gasteiger partial charge is 0.479 e. The molecule has 1 aliphatic carbocycles. The van der Waals surface area contributed by atoms with Crippen molar-refractivity contribution < 1.29 is 43.3 Å². The molecule has 4 N–H and O–H groups in total. The van der Waals surface area contributed by atoms with Gasteiger partial charge < -0.3 is 40.3 Å². The summed E-state index contributed by atoms with van der Waals surface area (Å²) in [7, 11) is 0. The number of aromatic nitrogens is 1. The van der Waals surface area contributed by atoms with E-state index in [4.69, 9.17) is 9.47 Å². The van der Waals surface area contributed by atoms with E-state index in [1.54, 1.807) is 20.8 Å². The normalized spacial score (nSPS) is 28.3. The van der Waals surface area contributed by atoms with Gasteiger partial charge in [-0.1, -0.05) is 36.3 Å². The number of fused-ring (bicyclic) bond motifs is 3. The molecule has 2 fully saturated rings. The fourth-order valence-corrected chi connectivity index (χ4v) is 7.44. The Balaban J connectivity index is 1.35. The molecule has 1 aromatic rings. The third-order valence-corrected chi connectivity index (χ3v) is 9.85. The van der Waals surface area contributed by atoms with E-state index in [2.05, 4.69) is 20.9 Å². The smallest absolute Gasteiger partial charge is 0.410 e. The number of anilines is 1. The lowest BCUT2D eigenvalue weighted by molar-refractivity contribution is -0.145. The molecule has 1 saturated carbocycles. The van der Waals surface area contributed by atoms with Gasteiger partial charge >= 0.3 is 18.2 Å². The number of carbonyl (C=O) groups is 6. The van der Waals surface area contributed by atoms with E-state index >= 15 is 0 Å². The van der Waals surface area contributed by atoms with Gasteiger partial charge in [-0.05, 0) is 46.5 Å². The standard InChI is InChI=1S/C32H44N6O9S/c1-18(39)33-28-34-21-12-13-37(17-24(21)48-28)30(45)46-20-14-23-25(40)36-32(27(42)43)15-19(32)10-8-6-5-7-9-11-22(26(41)38(23)16-20)35-29(44)47-31(2,3)4/h8,10,19-20,22-23H,5-7,9,11-17H2,1-4H3,(H,35,44)(H,36,40)(H,42,43)(H,33,34,39)/b10-8+/t19-,20-,22+,23+,32-/m1/s1. The lowest BCUT2D eigenvalue weighted by atomic mass is 10.0. The van der Waals surface area contributed by atoms with Gasteiger partial charge in [0.2, 0.25) is 17.7 Å². The highest BCUT2D eigenvalue weighted by molar-refractivity contribution is 7.15. The number of nitrogens with one attached hydrogen (secondary N) is 3. The Morgan fingerprint density at radius 1 is 1.17 bits per heavy atom. The van der Waals surface area contributed by atoms with Crippen LogP contribution in [0.3, 0.4) is 0 Å². The quantitative estimate of drug-likeness (QED) is 0.342. The van der Waals surface area contributed by atoms with Gasteiger partial charge in [-0.3, -0.25) is 14.4 Å². The van der Waals surface area contributed by atoms with Crippen LogP contribution in [0.2, 0.25) is 0 Å². The molecule has 15 nitrogen and oxygen atoms in total. The van der Waals surface area contributed by atoms with Crippen LogP contribution in [0.25, 0.3) is 0 Å². The van der Waals surface area contributed by atoms with Crippen LogP contribution in [-0.4, -0.2) is 98.2 Å². The van der Waals surface area contributed by atoms with Crippen molar-refractivity contribution in [2.75, 3.05) is 18.4 Å². The van der Waals surface area contributed by atoms with Crippen LogP contribution < -0.4 is 16.0 Å². The summed E-state index contributed by atoms with van der Waals surface area (Å²) in [6.45, 7) is 6.95. The number of aliphatic carboxylic acids is 1. The van der Waals surface area contributed by atoms with Crippen LogP contribution in [0.1, 0.15) is 83.2 Å². The van der Waals surface area contributed by atoms with Crippen LogP contribution in [0.5, 0.6) is 0 Å². The second-order valence-corrected chi connectivity index (χ2v) is 14.9. The summed E-state index contributed by atoms with van der Waals surface area (Å²) in [6, 6.07) is -2.16. The average molecular weight is 689 g/mol. The van der Waals surface area contributed by atoms with Crippen molar-refractivity contribution in [1.82, 2.24) is 25.4 Å². The molecule has 0 unspecified atom stereocenters. The fraction of sp³-hybridized carbons (Fsp3) is 0.656. The van der Waals surface area contributed by atoms with Crippen LogP contribution in [0.15, 0.2) is 12.2 Å². The number of hydrogen-bond donors (Lipinski definition) is 4. The molecule has 16 heteroatoms. The van der Waals surface area contributed by atoms with Crippen molar-refractivity contribution in [3.8, 4) is 0 Å². The predicted octanol–water partition coefficient (Wildman–Crippen LogP) is 2.94. The van der Waals surface area contributed by atoms with Crippen LogP contribution >= 0.6 is 11.3 Å². The molecule has 4 aliphatic rings. The first-order valence-electron chi connectivity index (χ1n) is 16.4. The molecule has 0 bridgehead atoms. The average Bonchev–Trinajstić information content (AvgIpc) is 3.30. The number of rotatable bonds is 4. The molecule has 4 heterocycles. The van der Waals surface area contributed by atoms with Crippen molar-refractivity contribution in [3.63, 3.8) is 0 Å². The number of amides is 5. The first-order valence-corrected chi connectivity index (χ1v) is 17.2. The van der Waals surface area contributed by atoms with Crippen LogP contribution in [0.4, 0.5) is 14.7 Å². The summed E-state index contributed by atoms with van der Waals surface area (Å²) in [5, 5.41) is 18.6. The van der Waals surface area contributed by atoms with Gasteiger partial charge in [-0.15, -0.1) is 0 Å². The van der Waals surface area contributed by atoms with E-state index in [-0.39, 0.29) is 37.8 Å². The van der Waals surface area contributed by atoms with E-state index in [1.807, 2.05) is 12.2 Å². The lowest BCUT2D eigenvalue weighted by Crippen LogP contribution is -2.56. The molecule has 1 aromatic heterocycles. The SMILES string of the molecule is CC(=O)Nc1nc2c(s1)CN(C(=O)O[C@@H]1C[C@H]3C(=O)N[C@]4(C(=O)O)C[C@H]4/C=C/CCCCC[C@H](NC(=O)OC(C)(C)C)C(=O)N3C1)CC2. The molecule has 262 valence electrons. The highest BCUT2D eigenvalue weighted by atomic mass is 32.1. The Labute approximate surface area is 282 Å². The van der Waals surface area contributed by atoms with E-state index in [1.165, 1.54) is 28.1 Å². The zero-order valence-electron chi connectivity index (χ0n) is 27.7. The summed E-state index contributed by atoms with van der Waals surface area (Å²) in [6.07, 6.45) is 5.33. The van der Waals surface area contributed by atoms with Crippen molar-refractivity contribution in [2.24, 2.45) is 5.92 Å². The number of alkyl carbamates (subject to hydrolysis) is 1. The van der Waals surface area contributed by atoms with Gasteiger partial charge in [0.05, 0.1) is 18.8 Å². The molecule has 0 spiro atoms. The topological polar surface area (TPSA) is 197 Å².